The third-order valence-corrected chi connectivity index (χ3v) is 5.68. The van der Waals surface area contributed by atoms with Crippen LogP contribution in [0.25, 0.3) is 16.9 Å². The number of benzene rings is 2. The van der Waals surface area contributed by atoms with E-state index in [2.05, 4.69) is 73.5 Å². The fourth-order valence-corrected chi connectivity index (χ4v) is 4.06. The van der Waals surface area contributed by atoms with Gasteiger partial charge in [0, 0.05) is 30.4 Å². The number of aryl methyl sites for hydroxylation is 2. The van der Waals surface area contributed by atoms with E-state index in [1.165, 1.54) is 16.7 Å². The van der Waals surface area contributed by atoms with Gasteiger partial charge in [-0.1, -0.05) is 41.5 Å². The van der Waals surface area contributed by atoms with Gasteiger partial charge < -0.3 is 5.73 Å². The minimum atomic E-state index is -0.191. The molecule has 5 nitrogen and oxygen atoms in total. The van der Waals surface area contributed by atoms with Gasteiger partial charge in [0.2, 0.25) is 5.91 Å². The first-order chi connectivity index (χ1) is 14.0. The Hall–Kier alpha value is -2.92. The summed E-state index contributed by atoms with van der Waals surface area (Å²) in [7, 11) is 0. The normalized spacial score (nSPS) is 17.4. The maximum absolute atomic E-state index is 11.7. The number of rotatable bonds is 5. The Morgan fingerprint density at radius 3 is 2.66 bits per heavy atom. The smallest absolute Gasteiger partial charge is 0.221 e. The van der Waals surface area contributed by atoms with E-state index >= 15 is 0 Å². The molecule has 3 aromatic rings. The number of amides is 1. The molecule has 0 spiro atoms. The van der Waals surface area contributed by atoms with Crippen molar-refractivity contribution in [2.45, 2.75) is 33.2 Å². The summed E-state index contributed by atoms with van der Waals surface area (Å²) in [5.41, 5.74) is 12.3. The molecule has 2 N–H and O–H groups in total. The highest BCUT2D eigenvalue weighted by atomic mass is 16.1. The molecule has 5 heteroatoms. The molecule has 1 fully saturated rings. The second kappa shape index (κ2) is 8.21. The van der Waals surface area contributed by atoms with Crippen LogP contribution in [0, 0.1) is 19.8 Å². The Bertz CT molecular complexity index is 1010. The number of hydrogen-bond acceptors (Lipinski definition) is 3. The van der Waals surface area contributed by atoms with Gasteiger partial charge in [0.1, 0.15) is 0 Å². The molecule has 1 aromatic heterocycles. The summed E-state index contributed by atoms with van der Waals surface area (Å²) in [6, 6.07) is 16.8. The highest BCUT2D eigenvalue weighted by Gasteiger charge is 2.25. The first-order valence-corrected chi connectivity index (χ1v) is 10.2. The second-order valence-corrected chi connectivity index (χ2v) is 8.13. The Morgan fingerprint density at radius 1 is 1.14 bits per heavy atom. The predicted octanol–water partition coefficient (Wildman–Crippen LogP) is 3.85. The number of carbonyl (C=O) groups is 1. The lowest BCUT2D eigenvalue weighted by Crippen LogP contribution is -2.40. The largest absolute Gasteiger partial charge is 0.369 e. The lowest BCUT2D eigenvalue weighted by Gasteiger charge is -2.31. The Kier molecular flexibility index (Phi) is 5.49. The Balaban J connectivity index is 1.69. The maximum Gasteiger partial charge on any atom is 0.221 e. The number of nitrogens with two attached hydrogens (primary N) is 1. The van der Waals surface area contributed by atoms with Crippen molar-refractivity contribution >= 4 is 5.91 Å². The average Bonchev–Trinajstić information content (AvgIpc) is 3.12. The maximum atomic E-state index is 11.7. The van der Waals surface area contributed by atoms with E-state index in [4.69, 9.17) is 10.8 Å². The van der Waals surface area contributed by atoms with E-state index in [0.29, 0.717) is 0 Å². The molecule has 2 heterocycles. The first kappa shape index (κ1) is 19.4. The number of hydrogen-bond donors (Lipinski definition) is 1. The summed E-state index contributed by atoms with van der Waals surface area (Å²) in [5.74, 6) is -0.248. The molecule has 150 valence electrons. The van der Waals surface area contributed by atoms with Crippen LogP contribution in [0.1, 0.15) is 29.5 Å². The molecule has 0 saturated carbocycles. The SMILES string of the molecule is Cc1ccc(-n2cc(CN3CCC[C@@H](C(N)=O)C3)c(-c3cccc(C)c3)n2)cc1. The van der Waals surface area contributed by atoms with E-state index < -0.39 is 0 Å². The summed E-state index contributed by atoms with van der Waals surface area (Å²) in [4.78, 5) is 14.0. The van der Waals surface area contributed by atoms with Crippen molar-refractivity contribution in [3.05, 3.63) is 71.4 Å². The molecule has 0 radical (unpaired) electrons. The van der Waals surface area contributed by atoms with E-state index in [0.717, 1.165) is 49.4 Å². The van der Waals surface area contributed by atoms with E-state index in [9.17, 15) is 4.79 Å². The molecule has 1 saturated heterocycles. The van der Waals surface area contributed by atoms with Gasteiger partial charge in [-0.2, -0.15) is 5.10 Å². The summed E-state index contributed by atoms with van der Waals surface area (Å²) in [5, 5.41) is 4.94. The minimum absolute atomic E-state index is 0.0571. The van der Waals surface area contributed by atoms with Crippen LogP contribution in [-0.2, 0) is 11.3 Å². The van der Waals surface area contributed by atoms with Crippen LogP contribution in [0.3, 0.4) is 0 Å². The van der Waals surface area contributed by atoms with Crippen LogP contribution in [0.2, 0.25) is 0 Å². The zero-order valence-electron chi connectivity index (χ0n) is 17.1. The fourth-order valence-electron chi connectivity index (χ4n) is 4.06. The van der Waals surface area contributed by atoms with Crippen LogP contribution in [-0.4, -0.2) is 33.7 Å². The van der Waals surface area contributed by atoms with Crippen molar-refractivity contribution in [3.63, 3.8) is 0 Å². The van der Waals surface area contributed by atoms with Crippen molar-refractivity contribution in [1.29, 1.82) is 0 Å². The summed E-state index contributed by atoms with van der Waals surface area (Å²) < 4.78 is 1.96. The van der Waals surface area contributed by atoms with Crippen LogP contribution >= 0.6 is 0 Å². The first-order valence-electron chi connectivity index (χ1n) is 10.2. The van der Waals surface area contributed by atoms with Crippen molar-refractivity contribution in [2.24, 2.45) is 11.7 Å². The average molecular weight is 389 g/mol. The van der Waals surface area contributed by atoms with Gasteiger partial charge in [-0.25, -0.2) is 4.68 Å². The topological polar surface area (TPSA) is 64.2 Å². The van der Waals surface area contributed by atoms with Gasteiger partial charge >= 0.3 is 0 Å². The van der Waals surface area contributed by atoms with E-state index in [1.54, 1.807) is 0 Å². The van der Waals surface area contributed by atoms with Gasteiger partial charge in [0.05, 0.1) is 17.3 Å². The molecule has 2 aromatic carbocycles. The van der Waals surface area contributed by atoms with Crippen molar-refractivity contribution in [3.8, 4) is 16.9 Å². The molecule has 0 unspecified atom stereocenters. The predicted molar refractivity (Wildman–Crippen MR) is 116 cm³/mol. The Morgan fingerprint density at radius 2 is 1.93 bits per heavy atom. The lowest BCUT2D eigenvalue weighted by atomic mass is 9.97. The zero-order chi connectivity index (χ0) is 20.4. The van der Waals surface area contributed by atoms with Gasteiger partial charge in [-0.3, -0.25) is 9.69 Å². The highest BCUT2D eigenvalue weighted by molar-refractivity contribution is 5.77. The third kappa shape index (κ3) is 4.40. The molecule has 0 bridgehead atoms. The monoisotopic (exact) mass is 388 g/mol. The lowest BCUT2D eigenvalue weighted by molar-refractivity contribution is -0.123. The minimum Gasteiger partial charge on any atom is -0.369 e. The number of likely N-dealkylation sites (tertiary alicyclic amines) is 1. The summed E-state index contributed by atoms with van der Waals surface area (Å²) in [6.07, 6.45) is 4.01. The molecule has 1 amide bonds. The fraction of sp³-hybridized carbons (Fsp3) is 0.333. The number of primary amides is 1. The number of carbonyl (C=O) groups excluding carboxylic acids is 1. The second-order valence-electron chi connectivity index (χ2n) is 8.13. The Labute approximate surface area is 172 Å². The third-order valence-electron chi connectivity index (χ3n) is 5.68. The summed E-state index contributed by atoms with van der Waals surface area (Å²) >= 11 is 0. The van der Waals surface area contributed by atoms with Crippen molar-refractivity contribution in [2.75, 3.05) is 13.1 Å². The zero-order valence-corrected chi connectivity index (χ0v) is 17.1. The van der Waals surface area contributed by atoms with Crippen LogP contribution in [0.5, 0.6) is 0 Å². The number of aromatic nitrogens is 2. The number of nitrogens with zero attached hydrogens (tertiary/aromatic N) is 3. The van der Waals surface area contributed by atoms with E-state index in [1.807, 2.05) is 4.68 Å². The van der Waals surface area contributed by atoms with Gasteiger partial charge in [-0.05, 0) is 51.4 Å². The molecule has 1 aliphatic heterocycles. The molecular formula is C24H28N4O. The molecule has 1 aliphatic rings. The van der Waals surface area contributed by atoms with Gasteiger partial charge in [0.25, 0.3) is 0 Å². The number of piperidine rings is 1. The van der Waals surface area contributed by atoms with Crippen LogP contribution < -0.4 is 5.73 Å². The van der Waals surface area contributed by atoms with Gasteiger partial charge in [0.15, 0.2) is 0 Å². The van der Waals surface area contributed by atoms with Crippen molar-refractivity contribution < 1.29 is 4.79 Å². The van der Waals surface area contributed by atoms with Crippen LogP contribution in [0.15, 0.2) is 54.7 Å². The molecule has 29 heavy (non-hydrogen) atoms. The summed E-state index contributed by atoms with van der Waals surface area (Å²) in [6.45, 7) is 6.65. The van der Waals surface area contributed by atoms with Crippen molar-refractivity contribution in [1.82, 2.24) is 14.7 Å². The molecule has 0 aliphatic carbocycles. The standard InChI is InChI=1S/C24H28N4O/c1-17-8-10-22(11-9-17)28-16-21(15-27-12-4-7-20(14-27)24(25)29)23(26-28)19-6-3-5-18(2)13-19/h3,5-6,8-11,13,16,20H,4,7,12,14-15H2,1-2H3,(H2,25,29)/t20-/m1/s1. The molecule has 1 atom stereocenters. The quantitative estimate of drug-likeness (QED) is 0.722. The van der Waals surface area contributed by atoms with E-state index in [-0.39, 0.29) is 11.8 Å². The van der Waals surface area contributed by atoms with Crippen LogP contribution in [0.4, 0.5) is 0 Å². The molecule has 4 rings (SSSR count). The molecular weight excluding hydrogens is 360 g/mol. The van der Waals surface area contributed by atoms with Gasteiger partial charge in [-0.15, -0.1) is 0 Å². The highest BCUT2D eigenvalue weighted by Crippen LogP contribution is 2.27.